The number of benzene rings is 2. The van der Waals surface area contributed by atoms with Gasteiger partial charge in [-0.15, -0.1) is 0 Å². The predicted molar refractivity (Wildman–Crippen MR) is 112 cm³/mol. The Morgan fingerprint density at radius 3 is 2.38 bits per heavy atom. The van der Waals surface area contributed by atoms with Crippen LogP contribution < -0.4 is 15.5 Å². The zero-order valence-electron chi connectivity index (χ0n) is 16.4. The highest BCUT2D eigenvalue weighted by Gasteiger charge is 2.25. The van der Waals surface area contributed by atoms with E-state index in [0.717, 1.165) is 40.8 Å². The molecule has 0 radical (unpaired) electrons. The van der Waals surface area contributed by atoms with Gasteiger partial charge in [-0.05, 0) is 66.3 Å². The number of hydroxylamine groups is 1. The minimum Gasteiger partial charge on any atom is -0.497 e. The van der Waals surface area contributed by atoms with Crippen molar-refractivity contribution >= 4 is 29.5 Å². The molecule has 1 aliphatic rings. The van der Waals surface area contributed by atoms with Crippen LogP contribution in [0, 0.1) is 6.92 Å². The molecule has 0 bridgehead atoms. The first-order chi connectivity index (χ1) is 14.0. The SMILES string of the molecule is COc1ccc(/C(=C\c2ccc(/C=C/C(=O)NO)cc2)C(=O)NC2CC2)c(C)c1. The average molecular weight is 392 g/mol. The van der Waals surface area contributed by atoms with Gasteiger partial charge in [0.1, 0.15) is 5.75 Å². The molecular formula is C23H24N2O4. The van der Waals surface area contributed by atoms with Crippen molar-refractivity contribution in [2.75, 3.05) is 7.11 Å². The summed E-state index contributed by atoms with van der Waals surface area (Å²) in [4.78, 5) is 24.0. The van der Waals surface area contributed by atoms with Crippen LogP contribution in [0.25, 0.3) is 17.7 Å². The summed E-state index contributed by atoms with van der Waals surface area (Å²) in [5, 5.41) is 11.6. The second-order valence-electron chi connectivity index (χ2n) is 6.96. The third-order valence-corrected chi connectivity index (χ3v) is 4.67. The van der Waals surface area contributed by atoms with E-state index >= 15 is 0 Å². The van der Waals surface area contributed by atoms with Gasteiger partial charge in [-0.1, -0.05) is 30.3 Å². The van der Waals surface area contributed by atoms with Crippen molar-refractivity contribution in [3.63, 3.8) is 0 Å². The van der Waals surface area contributed by atoms with E-state index in [1.807, 2.05) is 55.5 Å². The van der Waals surface area contributed by atoms with Crippen LogP contribution in [-0.4, -0.2) is 30.2 Å². The highest BCUT2D eigenvalue weighted by Crippen LogP contribution is 2.27. The maximum Gasteiger partial charge on any atom is 0.267 e. The monoisotopic (exact) mass is 392 g/mol. The Hall–Kier alpha value is -3.38. The highest BCUT2D eigenvalue weighted by molar-refractivity contribution is 6.24. The number of carbonyl (C=O) groups is 2. The van der Waals surface area contributed by atoms with Crippen LogP contribution in [0.2, 0.25) is 0 Å². The summed E-state index contributed by atoms with van der Waals surface area (Å²) in [6.07, 6.45) is 6.72. The van der Waals surface area contributed by atoms with Crippen LogP contribution in [0.4, 0.5) is 0 Å². The Kier molecular flexibility index (Phi) is 6.46. The summed E-state index contributed by atoms with van der Waals surface area (Å²) >= 11 is 0. The second-order valence-corrected chi connectivity index (χ2v) is 6.96. The molecule has 2 aromatic carbocycles. The first kappa shape index (κ1) is 20.4. The van der Waals surface area contributed by atoms with E-state index < -0.39 is 5.91 Å². The van der Waals surface area contributed by atoms with Crippen molar-refractivity contribution in [3.05, 3.63) is 70.8 Å². The molecule has 0 atom stereocenters. The predicted octanol–water partition coefficient (Wildman–Crippen LogP) is 3.34. The van der Waals surface area contributed by atoms with Crippen molar-refractivity contribution in [1.82, 2.24) is 10.8 Å². The Morgan fingerprint density at radius 1 is 1.10 bits per heavy atom. The van der Waals surface area contributed by atoms with E-state index in [1.54, 1.807) is 18.7 Å². The summed E-state index contributed by atoms with van der Waals surface area (Å²) in [6.45, 7) is 1.95. The lowest BCUT2D eigenvalue weighted by Crippen LogP contribution is -2.26. The van der Waals surface area contributed by atoms with E-state index in [0.29, 0.717) is 5.57 Å². The quantitative estimate of drug-likeness (QED) is 0.292. The normalized spacial score (nSPS) is 14.0. The fraction of sp³-hybridized carbons (Fsp3) is 0.217. The molecule has 0 unspecified atom stereocenters. The largest absolute Gasteiger partial charge is 0.497 e. The lowest BCUT2D eigenvalue weighted by molar-refractivity contribution is -0.124. The van der Waals surface area contributed by atoms with Gasteiger partial charge >= 0.3 is 0 Å². The fourth-order valence-corrected chi connectivity index (χ4v) is 2.90. The molecule has 1 fully saturated rings. The van der Waals surface area contributed by atoms with Gasteiger partial charge in [0.15, 0.2) is 0 Å². The minimum atomic E-state index is -0.594. The molecule has 3 rings (SSSR count). The van der Waals surface area contributed by atoms with Crippen LogP contribution in [-0.2, 0) is 9.59 Å². The molecule has 0 saturated heterocycles. The molecule has 0 spiro atoms. The van der Waals surface area contributed by atoms with E-state index in [9.17, 15) is 9.59 Å². The molecular weight excluding hydrogens is 368 g/mol. The zero-order chi connectivity index (χ0) is 20.8. The van der Waals surface area contributed by atoms with Gasteiger partial charge in [0.05, 0.1) is 7.11 Å². The minimum absolute atomic E-state index is 0.0932. The number of hydrogen-bond acceptors (Lipinski definition) is 4. The number of methoxy groups -OCH3 is 1. The summed E-state index contributed by atoms with van der Waals surface area (Å²) < 4.78 is 5.27. The van der Waals surface area contributed by atoms with Gasteiger partial charge in [0, 0.05) is 17.7 Å². The van der Waals surface area contributed by atoms with Crippen molar-refractivity contribution < 1.29 is 19.5 Å². The molecule has 150 valence electrons. The Labute approximate surface area is 169 Å². The lowest BCUT2D eigenvalue weighted by atomic mass is 9.97. The number of ether oxygens (including phenoxy) is 1. The van der Waals surface area contributed by atoms with Crippen LogP contribution in [0.5, 0.6) is 5.75 Å². The Bertz CT molecular complexity index is 957. The summed E-state index contributed by atoms with van der Waals surface area (Å²) in [5.74, 6) is 0.0589. The van der Waals surface area contributed by atoms with Gasteiger partial charge in [0.2, 0.25) is 0 Å². The molecule has 1 aliphatic carbocycles. The van der Waals surface area contributed by atoms with Gasteiger partial charge in [0.25, 0.3) is 11.8 Å². The maximum absolute atomic E-state index is 12.9. The van der Waals surface area contributed by atoms with E-state index in [4.69, 9.17) is 9.94 Å². The first-order valence-corrected chi connectivity index (χ1v) is 9.40. The third kappa shape index (κ3) is 5.56. The molecule has 0 aliphatic heterocycles. The Morgan fingerprint density at radius 2 is 1.79 bits per heavy atom. The molecule has 2 aromatic rings. The Balaban J connectivity index is 1.91. The number of aryl methyl sites for hydroxylation is 1. The smallest absolute Gasteiger partial charge is 0.267 e. The maximum atomic E-state index is 12.9. The number of carbonyl (C=O) groups excluding carboxylic acids is 2. The van der Waals surface area contributed by atoms with Crippen molar-refractivity contribution in [2.24, 2.45) is 0 Å². The fourth-order valence-electron chi connectivity index (χ4n) is 2.90. The van der Waals surface area contributed by atoms with Crippen LogP contribution in [0.15, 0.2) is 48.5 Å². The van der Waals surface area contributed by atoms with E-state index in [2.05, 4.69) is 5.32 Å². The van der Waals surface area contributed by atoms with E-state index in [1.165, 1.54) is 6.08 Å². The molecule has 3 N–H and O–H groups in total. The van der Waals surface area contributed by atoms with Crippen LogP contribution in [0.1, 0.15) is 35.1 Å². The topological polar surface area (TPSA) is 87.7 Å². The molecule has 6 nitrogen and oxygen atoms in total. The van der Waals surface area contributed by atoms with Crippen molar-refractivity contribution in [2.45, 2.75) is 25.8 Å². The molecule has 29 heavy (non-hydrogen) atoms. The third-order valence-electron chi connectivity index (χ3n) is 4.67. The molecule has 0 aromatic heterocycles. The number of amides is 2. The van der Waals surface area contributed by atoms with Crippen LogP contribution >= 0.6 is 0 Å². The van der Waals surface area contributed by atoms with Gasteiger partial charge in [-0.25, -0.2) is 5.48 Å². The average Bonchev–Trinajstić information content (AvgIpc) is 3.55. The van der Waals surface area contributed by atoms with Crippen LogP contribution in [0.3, 0.4) is 0 Å². The van der Waals surface area contributed by atoms with Gasteiger partial charge < -0.3 is 10.1 Å². The first-order valence-electron chi connectivity index (χ1n) is 9.40. The lowest BCUT2D eigenvalue weighted by Gasteiger charge is -2.13. The summed E-state index contributed by atoms with van der Waals surface area (Å²) in [5.41, 5.74) is 5.62. The molecule has 6 heteroatoms. The van der Waals surface area contributed by atoms with Gasteiger partial charge in [-0.3, -0.25) is 14.8 Å². The van der Waals surface area contributed by atoms with Crippen molar-refractivity contribution in [3.8, 4) is 5.75 Å². The zero-order valence-corrected chi connectivity index (χ0v) is 16.4. The summed E-state index contributed by atoms with van der Waals surface area (Å²) in [6, 6.07) is 13.3. The number of nitrogens with one attached hydrogen (secondary N) is 2. The van der Waals surface area contributed by atoms with Crippen molar-refractivity contribution in [1.29, 1.82) is 0 Å². The highest BCUT2D eigenvalue weighted by atomic mass is 16.5. The molecule has 0 heterocycles. The number of rotatable bonds is 7. The second kappa shape index (κ2) is 9.21. The summed E-state index contributed by atoms with van der Waals surface area (Å²) in [7, 11) is 1.62. The molecule has 1 saturated carbocycles. The number of hydrogen-bond donors (Lipinski definition) is 3. The standard InChI is InChI=1S/C23H24N2O4/c1-15-13-19(29-2)10-11-20(15)21(23(27)24-18-8-9-18)14-17-5-3-16(4-6-17)7-12-22(26)25-28/h3-7,10-14,18,28H,8-9H2,1-2H3,(H,24,27)(H,25,26)/b12-7+,21-14+. The van der Waals surface area contributed by atoms with Gasteiger partial charge in [-0.2, -0.15) is 0 Å². The van der Waals surface area contributed by atoms with E-state index in [-0.39, 0.29) is 11.9 Å². The molecule has 2 amide bonds.